The zero-order chi connectivity index (χ0) is 10.6. The minimum Gasteiger partial charge on any atom is -0.294 e. The zero-order valence-corrected chi connectivity index (χ0v) is 8.91. The Morgan fingerprint density at radius 3 is 2.93 bits per heavy atom. The second kappa shape index (κ2) is 4.79. The van der Waals surface area contributed by atoms with E-state index in [9.17, 15) is 4.79 Å². The molecule has 5 heteroatoms. The van der Waals surface area contributed by atoms with Gasteiger partial charge in [-0.25, -0.2) is 0 Å². The molecule has 1 atom stereocenters. The molecule has 1 aromatic rings. The molecule has 0 radical (unpaired) electrons. The molecule has 0 N–H and O–H groups in total. The molecule has 0 bridgehead atoms. The lowest BCUT2D eigenvalue weighted by molar-refractivity contribution is 0.102. The largest absolute Gasteiger partial charge is 0.294 e. The van der Waals surface area contributed by atoms with Gasteiger partial charge in [-0.2, -0.15) is 0 Å². The number of nitrogens with zero attached hydrogens (tertiary/aromatic N) is 3. The summed E-state index contributed by atoms with van der Waals surface area (Å²) in [5.41, 5.74) is 8.22. The molecular weight excluding hydrogens is 198 g/mol. The summed E-state index contributed by atoms with van der Waals surface area (Å²) in [4.78, 5) is 15.6. The van der Waals surface area contributed by atoms with Gasteiger partial charge < -0.3 is 0 Å². The number of thiophene rings is 1. The summed E-state index contributed by atoms with van der Waals surface area (Å²) < 4.78 is 0. The molecule has 0 aromatic carbocycles. The zero-order valence-electron chi connectivity index (χ0n) is 8.10. The molecule has 0 aliphatic heterocycles. The van der Waals surface area contributed by atoms with Crippen molar-refractivity contribution < 1.29 is 4.79 Å². The van der Waals surface area contributed by atoms with Crippen LogP contribution in [0.2, 0.25) is 0 Å². The molecule has 74 valence electrons. The van der Waals surface area contributed by atoms with Crippen LogP contribution in [0, 0.1) is 0 Å². The van der Waals surface area contributed by atoms with E-state index in [0.29, 0.717) is 6.42 Å². The van der Waals surface area contributed by atoms with Gasteiger partial charge in [-0.05, 0) is 31.0 Å². The summed E-state index contributed by atoms with van der Waals surface area (Å²) >= 11 is 1.46. The lowest BCUT2D eigenvalue weighted by Crippen LogP contribution is -1.99. The van der Waals surface area contributed by atoms with Crippen molar-refractivity contribution in [2.45, 2.75) is 26.3 Å². The van der Waals surface area contributed by atoms with Crippen LogP contribution in [0.15, 0.2) is 17.2 Å². The topological polar surface area (TPSA) is 65.8 Å². The molecule has 14 heavy (non-hydrogen) atoms. The quantitative estimate of drug-likeness (QED) is 0.325. The van der Waals surface area contributed by atoms with E-state index >= 15 is 0 Å². The van der Waals surface area contributed by atoms with Gasteiger partial charge in [-0.1, -0.05) is 12.0 Å². The van der Waals surface area contributed by atoms with E-state index in [-0.39, 0.29) is 11.8 Å². The second-order valence-corrected chi connectivity index (χ2v) is 4.25. The maximum Gasteiger partial charge on any atom is 0.169 e. The highest BCUT2D eigenvalue weighted by molar-refractivity contribution is 7.14. The first-order valence-electron chi connectivity index (χ1n) is 4.27. The Labute approximate surface area is 86.2 Å². The van der Waals surface area contributed by atoms with E-state index in [2.05, 4.69) is 10.0 Å². The van der Waals surface area contributed by atoms with Crippen molar-refractivity contribution in [1.29, 1.82) is 0 Å². The third-order valence-electron chi connectivity index (χ3n) is 1.75. The minimum absolute atomic E-state index is 0.0570. The van der Waals surface area contributed by atoms with Crippen LogP contribution in [0.1, 0.15) is 28.4 Å². The Hall–Kier alpha value is -1.32. The molecule has 0 fully saturated rings. The molecule has 0 aliphatic rings. The van der Waals surface area contributed by atoms with Gasteiger partial charge in [0.2, 0.25) is 0 Å². The smallest absolute Gasteiger partial charge is 0.169 e. The van der Waals surface area contributed by atoms with Crippen LogP contribution in [0.25, 0.3) is 10.4 Å². The van der Waals surface area contributed by atoms with Gasteiger partial charge in [0.15, 0.2) is 5.78 Å². The summed E-state index contributed by atoms with van der Waals surface area (Å²) in [5, 5.41) is 3.58. The highest BCUT2D eigenvalue weighted by Crippen LogP contribution is 2.19. The Balaban J connectivity index is 2.68. The molecule has 1 aromatic heterocycles. The van der Waals surface area contributed by atoms with E-state index in [1.54, 1.807) is 6.92 Å². The van der Waals surface area contributed by atoms with Crippen molar-refractivity contribution in [2.24, 2.45) is 5.11 Å². The molecule has 1 rings (SSSR count). The first-order chi connectivity index (χ1) is 6.63. The van der Waals surface area contributed by atoms with Gasteiger partial charge in [0.1, 0.15) is 0 Å². The summed E-state index contributed by atoms with van der Waals surface area (Å²) in [6.45, 7) is 3.40. The fourth-order valence-electron chi connectivity index (χ4n) is 1.10. The maximum atomic E-state index is 11.0. The van der Waals surface area contributed by atoms with Gasteiger partial charge in [-0.15, -0.1) is 11.3 Å². The summed E-state index contributed by atoms with van der Waals surface area (Å²) in [6.07, 6.45) is 0.696. The molecule has 0 spiro atoms. The van der Waals surface area contributed by atoms with Crippen LogP contribution >= 0.6 is 11.3 Å². The summed E-state index contributed by atoms with van der Waals surface area (Å²) in [5.74, 6) is 0.0812. The first kappa shape index (κ1) is 10.8. The number of ketones is 1. The number of hydrogen-bond donors (Lipinski definition) is 0. The van der Waals surface area contributed by atoms with E-state index in [0.717, 1.165) is 9.75 Å². The van der Waals surface area contributed by atoms with Crippen LogP contribution in [0.3, 0.4) is 0 Å². The molecule has 0 saturated carbocycles. The van der Waals surface area contributed by atoms with Crippen LogP contribution < -0.4 is 0 Å². The Morgan fingerprint density at radius 1 is 1.71 bits per heavy atom. The lowest BCUT2D eigenvalue weighted by Gasteiger charge is -1.99. The third-order valence-corrected chi connectivity index (χ3v) is 2.96. The van der Waals surface area contributed by atoms with Crippen LogP contribution in [0.5, 0.6) is 0 Å². The molecule has 0 amide bonds. The van der Waals surface area contributed by atoms with Gasteiger partial charge in [0.05, 0.1) is 4.88 Å². The highest BCUT2D eigenvalue weighted by atomic mass is 32.1. The van der Waals surface area contributed by atoms with Gasteiger partial charge in [0, 0.05) is 15.8 Å². The molecule has 1 unspecified atom stereocenters. The average Bonchev–Trinajstić information content (AvgIpc) is 2.53. The SMILES string of the molecule is CC(=O)c1ccc(CC(C)N=[N+]=[N-])s1. The number of carbonyl (C=O) groups excluding carboxylic acids is 1. The van der Waals surface area contributed by atoms with Crippen molar-refractivity contribution in [3.8, 4) is 0 Å². The van der Waals surface area contributed by atoms with Crippen LogP contribution in [0.4, 0.5) is 0 Å². The van der Waals surface area contributed by atoms with Gasteiger partial charge >= 0.3 is 0 Å². The lowest BCUT2D eigenvalue weighted by atomic mass is 10.2. The summed E-state index contributed by atoms with van der Waals surface area (Å²) in [7, 11) is 0. The van der Waals surface area contributed by atoms with Crippen molar-refractivity contribution in [1.82, 2.24) is 0 Å². The van der Waals surface area contributed by atoms with Crippen molar-refractivity contribution in [3.63, 3.8) is 0 Å². The Bertz CT molecular complexity index is 379. The highest BCUT2D eigenvalue weighted by Gasteiger charge is 2.06. The van der Waals surface area contributed by atoms with Gasteiger partial charge in [0.25, 0.3) is 0 Å². The normalized spacial score (nSPS) is 11.9. The molecule has 0 aliphatic carbocycles. The standard InChI is InChI=1S/C9H11N3OS/c1-6(11-12-10)5-8-3-4-9(14-8)7(2)13/h3-4,6H,5H2,1-2H3. The molecule has 4 nitrogen and oxygen atoms in total. The fourth-order valence-corrected chi connectivity index (χ4v) is 2.12. The van der Waals surface area contributed by atoms with E-state index < -0.39 is 0 Å². The number of azide groups is 1. The second-order valence-electron chi connectivity index (χ2n) is 3.08. The van der Waals surface area contributed by atoms with E-state index in [1.807, 2.05) is 19.1 Å². The van der Waals surface area contributed by atoms with E-state index in [1.165, 1.54) is 11.3 Å². The predicted molar refractivity (Wildman–Crippen MR) is 56.6 cm³/mol. The molecular formula is C9H11N3OS. The molecule has 0 saturated heterocycles. The fraction of sp³-hybridized carbons (Fsp3) is 0.444. The maximum absolute atomic E-state index is 11.0. The van der Waals surface area contributed by atoms with Crippen LogP contribution in [-0.2, 0) is 6.42 Å². The van der Waals surface area contributed by atoms with Crippen molar-refractivity contribution in [3.05, 3.63) is 32.3 Å². The average molecular weight is 209 g/mol. The van der Waals surface area contributed by atoms with Crippen molar-refractivity contribution in [2.75, 3.05) is 0 Å². The van der Waals surface area contributed by atoms with Crippen molar-refractivity contribution >= 4 is 17.1 Å². The first-order valence-corrected chi connectivity index (χ1v) is 5.09. The number of hydrogen-bond acceptors (Lipinski definition) is 3. The molecule has 1 heterocycles. The number of carbonyl (C=O) groups is 1. The third kappa shape index (κ3) is 2.87. The monoisotopic (exact) mass is 209 g/mol. The van der Waals surface area contributed by atoms with Gasteiger partial charge in [-0.3, -0.25) is 4.79 Å². The summed E-state index contributed by atoms with van der Waals surface area (Å²) in [6, 6.07) is 3.66. The van der Waals surface area contributed by atoms with E-state index in [4.69, 9.17) is 5.53 Å². The number of rotatable bonds is 4. The minimum atomic E-state index is -0.0570. The van der Waals surface area contributed by atoms with Crippen LogP contribution in [-0.4, -0.2) is 11.8 Å². The predicted octanol–water partition coefficient (Wildman–Crippen LogP) is 3.19. The Kier molecular flexibility index (Phi) is 3.68. The number of Topliss-reactive ketones (excluding diaryl/α,β-unsaturated/α-hetero) is 1. The Morgan fingerprint density at radius 2 is 2.43 bits per heavy atom.